The van der Waals surface area contributed by atoms with Crippen LogP contribution in [-0.4, -0.2) is 44.1 Å². The van der Waals surface area contributed by atoms with Crippen molar-refractivity contribution in [3.8, 4) is 0 Å². The molecule has 0 amide bonds. The Balaban J connectivity index is 1.39. The second-order valence-corrected chi connectivity index (χ2v) is 7.08. The quantitative estimate of drug-likeness (QED) is 0.775. The van der Waals surface area contributed by atoms with Crippen molar-refractivity contribution in [2.45, 2.75) is 39.3 Å². The van der Waals surface area contributed by atoms with Crippen molar-refractivity contribution in [2.75, 3.05) is 13.1 Å². The van der Waals surface area contributed by atoms with Crippen molar-refractivity contribution in [3.05, 3.63) is 47.0 Å². The van der Waals surface area contributed by atoms with Gasteiger partial charge >= 0.3 is 5.97 Å². The molecule has 4 rings (SSSR count). The molecule has 0 spiro atoms. The zero-order chi connectivity index (χ0) is 18.3. The van der Waals surface area contributed by atoms with Gasteiger partial charge in [0.25, 0.3) is 0 Å². The van der Waals surface area contributed by atoms with Crippen LogP contribution in [-0.2, 0) is 6.54 Å². The number of carboxylic acid groups (broad SMARTS) is 1. The molecule has 1 N–H and O–H groups in total. The summed E-state index contributed by atoms with van der Waals surface area (Å²) in [4.78, 5) is 13.3. The van der Waals surface area contributed by atoms with Crippen molar-refractivity contribution in [2.24, 2.45) is 0 Å². The summed E-state index contributed by atoms with van der Waals surface area (Å²) in [6, 6.07) is 6.61. The first-order valence-corrected chi connectivity index (χ1v) is 8.87. The molecule has 0 radical (unpaired) electrons. The minimum atomic E-state index is -1.04. The summed E-state index contributed by atoms with van der Waals surface area (Å²) in [7, 11) is 0. The Bertz CT molecular complexity index is 912. The average Bonchev–Trinajstić information content (AvgIpc) is 3.23. The van der Waals surface area contributed by atoms with Crippen LogP contribution in [0.5, 0.6) is 0 Å². The number of furan rings is 1. The van der Waals surface area contributed by atoms with Gasteiger partial charge in [0, 0.05) is 18.5 Å². The fourth-order valence-electron chi connectivity index (χ4n) is 3.55. The molecule has 1 aromatic carbocycles. The molecular formula is C19H22N4O3. The smallest absolute Gasteiger partial charge is 0.358 e. The first-order valence-electron chi connectivity index (χ1n) is 8.87. The molecule has 0 aliphatic carbocycles. The highest BCUT2D eigenvalue weighted by Crippen LogP contribution is 2.26. The molecule has 7 nitrogen and oxygen atoms in total. The summed E-state index contributed by atoms with van der Waals surface area (Å²) in [5, 5.41) is 17.8. The minimum Gasteiger partial charge on any atom is -0.476 e. The molecule has 1 aliphatic heterocycles. The van der Waals surface area contributed by atoms with Crippen LogP contribution < -0.4 is 0 Å². The standard InChI is InChI=1S/C19H22N4O3/c1-12-7-14-9-16(26-18(14)8-13(12)2)10-22-5-3-15(4-6-22)23-11-17(19(24)25)20-21-23/h7-9,11,15H,3-6,10H2,1-2H3,(H,24,25). The SMILES string of the molecule is Cc1cc2cc(CN3CCC(n4cc(C(=O)O)nn4)CC3)oc2cc1C. The molecule has 0 saturated carbocycles. The number of carbonyl (C=O) groups is 1. The van der Waals surface area contributed by atoms with E-state index < -0.39 is 5.97 Å². The average molecular weight is 354 g/mol. The van der Waals surface area contributed by atoms with Crippen LogP contribution in [0.1, 0.15) is 46.3 Å². The number of nitrogens with zero attached hydrogens (tertiary/aromatic N) is 4. The van der Waals surface area contributed by atoms with Gasteiger partial charge in [-0.2, -0.15) is 0 Å². The van der Waals surface area contributed by atoms with E-state index in [1.165, 1.54) is 17.3 Å². The van der Waals surface area contributed by atoms with Gasteiger partial charge in [0.1, 0.15) is 11.3 Å². The highest BCUT2D eigenvalue weighted by Gasteiger charge is 2.23. The number of aromatic carboxylic acids is 1. The zero-order valence-electron chi connectivity index (χ0n) is 15.0. The topological polar surface area (TPSA) is 84.4 Å². The summed E-state index contributed by atoms with van der Waals surface area (Å²) in [6.07, 6.45) is 3.36. The van der Waals surface area contributed by atoms with Crippen LogP contribution in [0.2, 0.25) is 0 Å². The zero-order valence-corrected chi connectivity index (χ0v) is 15.0. The third-order valence-corrected chi connectivity index (χ3v) is 5.22. The van der Waals surface area contributed by atoms with Crippen molar-refractivity contribution in [1.82, 2.24) is 19.9 Å². The molecule has 2 aromatic heterocycles. The molecule has 1 aliphatic rings. The number of fused-ring (bicyclic) bond motifs is 1. The van der Waals surface area contributed by atoms with Gasteiger partial charge in [-0.25, -0.2) is 9.48 Å². The van der Waals surface area contributed by atoms with Crippen LogP contribution in [0, 0.1) is 13.8 Å². The number of hydrogen-bond donors (Lipinski definition) is 1. The lowest BCUT2D eigenvalue weighted by Gasteiger charge is -2.31. The maximum absolute atomic E-state index is 10.9. The summed E-state index contributed by atoms with van der Waals surface area (Å²) < 4.78 is 7.70. The fraction of sp³-hybridized carbons (Fsp3) is 0.421. The summed E-state index contributed by atoms with van der Waals surface area (Å²) in [5.41, 5.74) is 3.47. The second-order valence-electron chi connectivity index (χ2n) is 7.08. The van der Waals surface area contributed by atoms with Crippen LogP contribution in [0.25, 0.3) is 11.0 Å². The van der Waals surface area contributed by atoms with E-state index in [9.17, 15) is 4.79 Å². The van der Waals surface area contributed by atoms with Crippen molar-refractivity contribution in [3.63, 3.8) is 0 Å². The molecule has 3 heterocycles. The molecule has 1 saturated heterocycles. The minimum absolute atomic E-state index is 0.000270. The molecule has 7 heteroatoms. The summed E-state index contributed by atoms with van der Waals surface area (Å²) in [6.45, 7) is 6.84. The Morgan fingerprint density at radius 1 is 1.23 bits per heavy atom. The third kappa shape index (κ3) is 3.22. The highest BCUT2D eigenvalue weighted by molar-refractivity contribution is 5.84. The van der Waals surface area contributed by atoms with Crippen molar-refractivity contribution in [1.29, 1.82) is 0 Å². The largest absolute Gasteiger partial charge is 0.476 e. The second kappa shape index (κ2) is 6.57. The van der Waals surface area contributed by atoms with Gasteiger partial charge in [0.15, 0.2) is 5.69 Å². The van der Waals surface area contributed by atoms with Crippen LogP contribution in [0.4, 0.5) is 0 Å². The van der Waals surface area contributed by atoms with Gasteiger partial charge < -0.3 is 9.52 Å². The van der Waals surface area contributed by atoms with E-state index in [1.807, 2.05) is 0 Å². The molecule has 1 fully saturated rings. The fourth-order valence-corrected chi connectivity index (χ4v) is 3.55. The maximum atomic E-state index is 10.9. The highest BCUT2D eigenvalue weighted by atomic mass is 16.4. The number of carboxylic acids is 1. The first-order chi connectivity index (χ1) is 12.5. The molecule has 0 atom stereocenters. The number of likely N-dealkylation sites (tertiary alicyclic amines) is 1. The first kappa shape index (κ1) is 16.8. The van der Waals surface area contributed by atoms with E-state index in [1.54, 1.807) is 4.68 Å². The van der Waals surface area contributed by atoms with Crippen molar-refractivity contribution < 1.29 is 14.3 Å². The number of hydrogen-bond acceptors (Lipinski definition) is 5. The number of aromatic nitrogens is 3. The Hall–Kier alpha value is -2.67. The predicted molar refractivity (Wildman–Crippen MR) is 96.2 cm³/mol. The van der Waals surface area contributed by atoms with Crippen molar-refractivity contribution >= 4 is 16.9 Å². The van der Waals surface area contributed by atoms with E-state index in [2.05, 4.69) is 47.3 Å². The molecule has 0 unspecified atom stereocenters. The lowest BCUT2D eigenvalue weighted by Crippen LogP contribution is -2.34. The Labute approximate surface area is 151 Å². The van der Waals surface area contributed by atoms with Gasteiger partial charge in [0.05, 0.1) is 18.8 Å². The number of aryl methyl sites for hydroxylation is 2. The Morgan fingerprint density at radius 2 is 1.96 bits per heavy atom. The van der Waals surface area contributed by atoms with E-state index >= 15 is 0 Å². The molecule has 26 heavy (non-hydrogen) atoms. The molecular weight excluding hydrogens is 332 g/mol. The van der Waals surface area contributed by atoms with E-state index in [-0.39, 0.29) is 11.7 Å². The van der Waals surface area contributed by atoms with E-state index in [4.69, 9.17) is 9.52 Å². The summed E-state index contributed by atoms with van der Waals surface area (Å²) in [5.74, 6) is -0.0542. The summed E-state index contributed by atoms with van der Waals surface area (Å²) >= 11 is 0. The van der Waals surface area contributed by atoms with E-state index in [0.717, 1.165) is 49.2 Å². The maximum Gasteiger partial charge on any atom is 0.358 e. The number of piperidine rings is 1. The lowest BCUT2D eigenvalue weighted by atomic mass is 10.1. The lowest BCUT2D eigenvalue weighted by molar-refractivity contribution is 0.0690. The van der Waals surface area contributed by atoms with Crippen LogP contribution in [0.15, 0.2) is 28.8 Å². The molecule has 3 aromatic rings. The van der Waals surface area contributed by atoms with Gasteiger partial charge in [-0.05, 0) is 56.0 Å². The molecule has 0 bridgehead atoms. The molecule has 136 valence electrons. The number of rotatable bonds is 4. The van der Waals surface area contributed by atoms with Gasteiger partial charge in [-0.1, -0.05) is 5.21 Å². The van der Waals surface area contributed by atoms with Crippen LogP contribution >= 0.6 is 0 Å². The third-order valence-electron chi connectivity index (χ3n) is 5.22. The van der Waals surface area contributed by atoms with E-state index in [0.29, 0.717) is 0 Å². The Morgan fingerprint density at radius 3 is 2.65 bits per heavy atom. The van der Waals surface area contributed by atoms with Gasteiger partial charge in [-0.3, -0.25) is 4.90 Å². The number of benzene rings is 1. The predicted octanol–water partition coefficient (Wildman–Crippen LogP) is 3.18. The van der Waals surface area contributed by atoms with Crippen LogP contribution in [0.3, 0.4) is 0 Å². The normalized spacial score (nSPS) is 16.4. The van der Waals surface area contributed by atoms with Gasteiger partial charge in [0.2, 0.25) is 0 Å². The monoisotopic (exact) mass is 354 g/mol. The van der Waals surface area contributed by atoms with Gasteiger partial charge in [-0.15, -0.1) is 5.10 Å². The Kier molecular flexibility index (Phi) is 4.24.